The lowest BCUT2D eigenvalue weighted by atomic mass is 10.1. The number of nitrogens with one attached hydrogen (secondary N) is 1. The van der Waals surface area contributed by atoms with E-state index in [0.717, 1.165) is 11.3 Å². The normalized spacial score (nSPS) is 9.80. The van der Waals surface area contributed by atoms with Gasteiger partial charge < -0.3 is 15.8 Å². The van der Waals surface area contributed by atoms with Crippen LogP contribution in [0.25, 0.3) is 0 Å². The minimum absolute atomic E-state index is 0.477. The molecule has 0 saturated carbocycles. The predicted molar refractivity (Wildman–Crippen MR) is 78.5 cm³/mol. The van der Waals surface area contributed by atoms with Gasteiger partial charge in [0.15, 0.2) is 0 Å². The maximum absolute atomic E-state index is 9.09. The monoisotopic (exact) mass is 268 g/mol. The van der Waals surface area contributed by atoms with Crippen molar-refractivity contribution < 1.29 is 4.74 Å². The molecule has 0 saturated heterocycles. The van der Waals surface area contributed by atoms with Crippen molar-refractivity contribution >= 4 is 11.5 Å². The fraction of sp³-hybridized carbons (Fsp3) is 0.200. The number of hydrogen-bond donors (Lipinski definition) is 2. The maximum Gasteiger partial charge on any atom is 0.144 e. The number of pyridine rings is 1. The van der Waals surface area contributed by atoms with Crippen molar-refractivity contribution in [3.8, 4) is 11.8 Å². The van der Waals surface area contributed by atoms with Gasteiger partial charge in [-0.15, -0.1) is 0 Å². The van der Waals surface area contributed by atoms with Crippen molar-refractivity contribution in [2.45, 2.75) is 6.92 Å². The van der Waals surface area contributed by atoms with Gasteiger partial charge >= 0.3 is 0 Å². The first-order valence-corrected chi connectivity index (χ1v) is 6.28. The fourth-order valence-corrected chi connectivity index (χ4v) is 1.74. The van der Waals surface area contributed by atoms with Gasteiger partial charge in [0.1, 0.15) is 24.2 Å². The summed E-state index contributed by atoms with van der Waals surface area (Å²) in [4.78, 5) is 4.16. The highest BCUT2D eigenvalue weighted by molar-refractivity contribution is 5.55. The number of ether oxygens (including phenoxy) is 1. The molecule has 20 heavy (non-hydrogen) atoms. The molecular formula is C15H16N4O. The molecule has 3 N–H and O–H groups in total. The lowest BCUT2D eigenvalue weighted by Gasteiger charge is -2.10. The van der Waals surface area contributed by atoms with E-state index in [4.69, 9.17) is 15.7 Å². The summed E-state index contributed by atoms with van der Waals surface area (Å²) in [7, 11) is 0. The van der Waals surface area contributed by atoms with Gasteiger partial charge in [-0.2, -0.15) is 5.26 Å². The number of nitriles is 1. The Balaban J connectivity index is 1.86. The van der Waals surface area contributed by atoms with E-state index in [2.05, 4.69) is 16.4 Å². The number of anilines is 2. The Kier molecular flexibility index (Phi) is 4.40. The lowest BCUT2D eigenvalue weighted by molar-refractivity contribution is 0.333. The minimum atomic E-state index is 0.477. The zero-order valence-corrected chi connectivity index (χ0v) is 11.3. The number of nitrogens with two attached hydrogens (primary N) is 1. The Bertz CT molecular complexity index is 617. The highest BCUT2D eigenvalue weighted by Gasteiger charge is 2.05. The molecule has 0 spiro atoms. The largest absolute Gasteiger partial charge is 0.492 e. The van der Waals surface area contributed by atoms with Crippen LogP contribution in [0, 0.1) is 18.3 Å². The highest BCUT2D eigenvalue weighted by atomic mass is 16.5. The smallest absolute Gasteiger partial charge is 0.144 e. The molecule has 0 aliphatic heterocycles. The summed E-state index contributed by atoms with van der Waals surface area (Å²) in [6.45, 7) is 2.93. The summed E-state index contributed by atoms with van der Waals surface area (Å²) in [6.07, 6.45) is 1.68. The van der Waals surface area contributed by atoms with Crippen molar-refractivity contribution in [3.63, 3.8) is 0 Å². The zero-order valence-electron chi connectivity index (χ0n) is 11.3. The van der Waals surface area contributed by atoms with Crippen LogP contribution in [0.1, 0.15) is 11.1 Å². The predicted octanol–water partition coefficient (Wildman–Crippen LogP) is 2.33. The number of nitrogen functional groups attached to an aromatic ring is 1. The molecule has 5 nitrogen and oxygen atoms in total. The third-order valence-corrected chi connectivity index (χ3v) is 2.81. The summed E-state index contributed by atoms with van der Waals surface area (Å²) in [5.74, 6) is 1.35. The van der Waals surface area contributed by atoms with Gasteiger partial charge in [0.2, 0.25) is 0 Å². The number of aryl methyl sites for hydroxylation is 1. The number of rotatable bonds is 5. The van der Waals surface area contributed by atoms with Gasteiger partial charge in [0.05, 0.1) is 12.1 Å². The summed E-state index contributed by atoms with van der Waals surface area (Å²) < 4.78 is 5.56. The van der Waals surface area contributed by atoms with E-state index in [1.165, 1.54) is 0 Å². The van der Waals surface area contributed by atoms with Gasteiger partial charge in [-0.3, -0.25) is 0 Å². The van der Waals surface area contributed by atoms with Crippen LogP contribution in [0.3, 0.4) is 0 Å². The standard InChI is InChI=1S/C15H16N4O/c1-11-6-7-18-15(14(11)10-16)19-8-9-20-13-4-2-12(17)3-5-13/h2-7H,8-9,17H2,1H3,(H,18,19). The molecular weight excluding hydrogens is 252 g/mol. The molecule has 0 radical (unpaired) electrons. The van der Waals surface area contributed by atoms with Crippen LogP contribution in [0.4, 0.5) is 11.5 Å². The van der Waals surface area contributed by atoms with Crippen LogP contribution in [-0.4, -0.2) is 18.1 Å². The number of nitrogens with zero attached hydrogens (tertiary/aromatic N) is 2. The van der Waals surface area contributed by atoms with E-state index in [1.54, 1.807) is 18.3 Å². The fourth-order valence-electron chi connectivity index (χ4n) is 1.74. The van der Waals surface area contributed by atoms with Crippen molar-refractivity contribution in [2.75, 3.05) is 24.2 Å². The molecule has 0 bridgehead atoms. The first kappa shape index (κ1) is 13.7. The second kappa shape index (κ2) is 6.43. The molecule has 1 aromatic carbocycles. The molecule has 0 aliphatic rings. The second-order valence-electron chi connectivity index (χ2n) is 4.31. The Hall–Kier alpha value is -2.74. The summed E-state index contributed by atoms with van der Waals surface area (Å²) >= 11 is 0. The van der Waals surface area contributed by atoms with E-state index >= 15 is 0 Å². The van der Waals surface area contributed by atoms with Crippen molar-refractivity contribution in [1.29, 1.82) is 5.26 Å². The molecule has 1 heterocycles. The van der Waals surface area contributed by atoms with E-state index in [0.29, 0.717) is 30.2 Å². The van der Waals surface area contributed by atoms with Gasteiger partial charge in [-0.25, -0.2) is 4.98 Å². The first-order chi connectivity index (χ1) is 9.70. The van der Waals surface area contributed by atoms with Crippen molar-refractivity contribution in [1.82, 2.24) is 4.98 Å². The van der Waals surface area contributed by atoms with Crippen LogP contribution in [-0.2, 0) is 0 Å². The second-order valence-corrected chi connectivity index (χ2v) is 4.31. The molecule has 1 aromatic heterocycles. The number of benzene rings is 1. The average Bonchev–Trinajstić information content (AvgIpc) is 2.45. The van der Waals surface area contributed by atoms with Crippen LogP contribution < -0.4 is 15.8 Å². The number of hydrogen-bond acceptors (Lipinski definition) is 5. The quantitative estimate of drug-likeness (QED) is 0.642. The van der Waals surface area contributed by atoms with Gasteiger partial charge in [-0.05, 0) is 42.8 Å². The number of aromatic nitrogens is 1. The average molecular weight is 268 g/mol. The topological polar surface area (TPSA) is 84.0 Å². The van der Waals surface area contributed by atoms with E-state index in [9.17, 15) is 0 Å². The van der Waals surface area contributed by atoms with E-state index in [-0.39, 0.29) is 0 Å². The lowest BCUT2D eigenvalue weighted by Crippen LogP contribution is -2.13. The molecule has 102 valence electrons. The molecule has 0 amide bonds. The minimum Gasteiger partial charge on any atom is -0.492 e. The first-order valence-electron chi connectivity index (χ1n) is 6.28. The van der Waals surface area contributed by atoms with Crippen LogP contribution in [0.2, 0.25) is 0 Å². The van der Waals surface area contributed by atoms with Crippen molar-refractivity contribution in [3.05, 3.63) is 47.7 Å². The Morgan fingerprint density at radius 3 is 2.75 bits per heavy atom. The molecule has 5 heteroatoms. The van der Waals surface area contributed by atoms with Crippen LogP contribution in [0.5, 0.6) is 5.75 Å². The van der Waals surface area contributed by atoms with E-state index in [1.807, 2.05) is 25.1 Å². The molecule has 0 atom stereocenters. The van der Waals surface area contributed by atoms with Gasteiger partial charge in [0, 0.05) is 11.9 Å². The molecule has 0 aliphatic carbocycles. The van der Waals surface area contributed by atoms with Gasteiger partial charge in [0.25, 0.3) is 0 Å². The third-order valence-electron chi connectivity index (χ3n) is 2.81. The molecule has 2 aromatic rings. The summed E-state index contributed by atoms with van der Waals surface area (Å²) in [5, 5.41) is 12.2. The zero-order chi connectivity index (χ0) is 14.4. The van der Waals surface area contributed by atoms with Gasteiger partial charge in [-0.1, -0.05) is 0 Å². The van der Waals surface area contributed by atoms with Crippen LogP contribution in [0.15, 0.2) is 36.5 Å². The third kappa shape index (κ3) is 3.39. The summed E-state index contributed by atoms with van der Waals surface area (Å²) in [5.41, 5.74) is 7.78. The Morgan fingerprint density at radius 2 is 2.05 bits per heavy atom. The van der Waals surface area contributed by atoms with Crippen molar-refractivity contribution in [2.24, 2.45) is 0 Å². The highest BCUT2D eigenvalue weighted by Crippen LogP contribution is 2.15. The molecule has 0 fully saturated rings. The Labute approximate surface area is 118 Å². The Morgan fingerprint density at radius 1 is 1.30 bits per heavy atom. The molecule has 0 unspecified atom stereocenters. The SMILES string of the molecule is Cc1ccnc(NCCOc2ccc(N)cc2)c1C#N. The molecule has 2 rings (SSSR count). The summed E-state index contributed by atoms with van der Waals surface area (Å²) in [6, 6.07) is 11.2. The van der Waals surface area contributed by atoms with Crippen LogP contribution >= 0.6 is 0 Å². The van der Waals surface area contributed by atoms with E-state index < -0.39 is 0 Å². The maximum atomic E-state index is 9.09.